The van der Waals surface area contributed by atoms with E-state index in [4.69, 9.17) is 0 Å². The summed E-state index contributed by atoms with van der Waals surface area (Å²) < 4.78 is 0. The summed E-state index contributed by atoms with van der Waals surface area (Å²) >= 11 is 0. The van der Waals surface area contributed by atoms with Crippen LogP contribution in [-0.4, -0.2) is 97.9 Å². The maximum Gasteiger partial charge on any atom is 0.101 e. The van der Waals surface area contributed by atoms with Gasteiger partial charge in [0, 0.05) is 107 Å². The van der Waals surface area contributed by atoms with Crippen LogP contribution >= 0.6 is 15.8 Å². The Labute approximate surface area is 378 Å². The van der Waals surface area contributed by atoms with Gasteiger partial charge in [0.15, 0.2) is 0 Å². The summed E-state index contributed by atoms with van der Waals surface area (Å²) in [6.07, 6.45) is 2.52. The third kappa shape index (κ3) is 18.9. The molecule has 4 aromatic rings. The summed E-state index contributed by atoms with van der Waals surface area (Å²) in [6.45, 7) is 42.1. The minimum absolute atomic E-state index is 0. The fourth-order valence-electron chi connectivity index (χ4n) is 8.12. The zero-order valence-corrected chi connectivity index (χ0v) is 51.9. The fourth-order valence-corrected chi connectivity index (χ4v) is 200. The summed E-state index contributed by atoms with van der Waals surface area (Å²) in [5.74, 6) is 0. The van der Waals surface area contributed by atoms with E-state index in [9.17, 15) is 0 Å². The molecule has 296 valence electrons. The zero-order valence-electron chi connectivity index (χ0n) is 36.8. The largest absolute Gasteiger partial charge is 0.101 e. The summed E-state index contributed by atoms with van der Waals surface area (Å²) in [7, 11) is -5.00. The Morgan fingerprint density at radius 1 is 0.444 bits per heavy atom. The van der Waals surface area contributed by atoms with Gasteiger partial charge in [-0.3, -0.25) is 0 Å². The first-order valence-corrected chi connectivity index (χ1v) is 50.8. The SMILES string of the molecule is C[Si](C)(C)[Si][Si](C)(C)[Si](C)(C)[Si]([Si](C)(C)C)[Si](C)(C)C.C[Si](C)C.[Pt].[Sn].c1ccc([PH+](CC[PH+](c2ccccc2)c2ccccc2)c2ccccc2)cc1. The third-order valence-corrected chi connectivity index (χ3v) is 125. The second-order valence-corrected chi connectivity index (χ2v) is 91.6. The summed E-state index contributed by atoms with van der Waals surface area (Å²) in [5.41, 5.74) is 0. The van der Waals surface area contributed by atoms with E-state index in [0.717, 1.165) is 0 Å². The Morgan fingerprint density at radius 3 is 0.852 bits per heavy atom. The van der Waals surface area contributed by atoms with Gasteiger partial charge in [0.25, 0.3) is 0 Å². The van der Waals surface area contributed by atoms with Crippen LogP contribution in [0.5, 0.6) is 0 Å². The molecule has 4 aromatic carbocycles. The van der Waals surface area contributed by atoms with E-state index in [2.05, 4.69) is 226 Å². The maximum absolute atomic E-state index is 2.84. The van der Waals surface area contributed by atoms with Gasteiger partial charge in [-0.25, -0.2) is 0 Å². The second kappa shape index (κ2) is 24.9. The predicted octanol–water partition coefficient (Wildman–Crippen LogP) is 10.6. The average molecular weight is 1180 g/mol. The van der Waals surface area contributed by atoms with Gasteiger partial charge in [-0.1, -0.05) is 178 Å². The molecule has 0 N–H and O–H groups in total. The normalized spacial score (nSPS) is 12.3. The molecule has 0 nitrogen and oxygen atoms in total. The van der Waals surface area contributed by atoms with E-state index in [0.29, 0.717) is 0 Å². The van der Waals surface area contributed by atoms with Crippen LogP contribution in [0.4, 0.5) is 0 Å². The van der Waals surface area contributed by atoms with Crippen molar-refractivity contribution in [2.75, 3.05) is 12.3 Å². The van der Waals surface area contributed by atoms with Crippen LogP contribution in [0.25, 0.3) is 0 Å². The minimum atomic E-state index is -1.03. The van der Waals surface area contributed by atoms with Crippen molar-refractivity contribution in [3.8, 4) is 0 Å². The van der Waals surface area contributed by atoms with Crippen LogP contribution in [0.2, 0.25) is 105 Å². The average Bonchev–Trinajstić information content (AvgIpc) is 3.02. The van der Waals surface area contributed by atoms with E-state index >= 15 is 0 Å². The number of hydrogen-bond acceptors (Lipinski definition) is 0. The number of hydrogen-bond donors (Lipinski definition) is 0. The molecule has 0 fully saturated rings. The van der Waals surface area contributed by atoms with Crippen LogP contribution in [0.15, 0.2) is 121 Å². The van der Waals surface area contributed by atoms with Gasteiger partial charge in [-0.15, -0.1) is 0 Å². The molecule has 0 aliphatic rings. The van der Waals surface area contributed by atoms with E-state index in [1.807, 2.05) is 0 Å². The first kappa shape index (κ1) is 55.0. The summed E-state index contributed by atoms with van der Waals surface area (Å²) in [4.78, 5) is 0. The van der Waals surface area contributed by atoms with Crippen molar-refractivity contribution in [1.82, 2.24) is 0 Å². The molecule has 0 unspecified atom stereocenters. The molecule has 0 saturated heterocycles. The van der Waals surface area contributed by atoms with E-state index in [-0.39, 0.29) is 61.1 Å². The molecule has 0 saturated carbocycles. The minimum Gasteiger partial charge on any atom is -0.0739 e. The van der Waals surface area contributed by atoms with Crippen LogP contribution in [0.1, 0.15) is 0 Å². The van der Waals surface area contributed by atoms with E-state index < -0.39 is 52.8 Å². The van der Waals surface area contributed by atoms with Crippen molar-refractivity contribution in [2.24, 2.45) is 0 Å². The van der Waals surface area contributed by atoms with Gasteiger partial charge >= 0.3 is 0 Å². The molecular weight excluding hydrogens is 1100 g/mol. The fraction of sp³-hybridized carbons (Fsp3) is 0.429. The predicted molar refractivity (Wildman–Crippen MR) is 276 cm³/mol. The zero-order chi connectivity index (χ0) is 39.4. The Hall–Kier alpha value is 0.962. The molecule has 8 radical (unpaired) electrons. The molecule has 0 aliphatic carbocycles. The van der Waals surface area contributed by atoms with Crippen LogP contribution in [0, 0.1) is 0 Å². The van der Waals surface area contributed by atoms with Crippen LogP contribution < -0.4 is 21.2 Å². The van der Waals surface area contributed by atoms with E-state index in [1.165, 1.54) is 42.1 Å². The Morgan fingerprint density at radius 2 is 0.667 bits per heavy atom. The molecule has 0 aromatic heterocycles. The summed E-state index contributed by atoms with van der Waals surface area (Å²) in [6, 6.07) is 44.5. The standard InChI is InChI=1S/C26H24P2.C13H39Si7.C3H9Si.Pt.Sn/c1-5-13-23(14-6-1)27(24-15-7-2-8-16-24)21-22-28(25-17-9-3-10-18-25)26-19-11-4-12-20-26;1-16(2,3)14-19(10,11)20(12,13)15(17(4,5)6)18(7,8)9;1-4(2)3;;/h1-20H,21-22H2;1-13H3;1-3H3;;/p+2. The van der Waals surface area contributed by atoms with Crippen molar-refractivity contribution in [3.63, 3.8) is 0 Å². The molecule has 0 spiro atoms. The van der Waals surface area contributed by atoms with Crippen molar-refractivity contribution in [2.45, 2.75) is 105 Å². The molecular formula is C42H74P2PtSi8Sn+2. The van der Waals surface area contributed by atoms with Crippen LogP contribution in [0.3, 0.4) is 0 Å². The van der Waals surface area contributed by atoms with Gasteiger partial charge in [-0.2, -0.15) is 0 Å². The van der Waals surface area contributed by atoms with Crippen molar-refractivity contribution >= 4 is 123 Å². The molecule has 0 aliphatic heterocycles. The first-order chi connectivity index (χ1) is 24.0. The van der Waals surface area contributed by atoms with E-state index in [1.54, 1.807) is 0 Å². The van der Waals surface area contributed by atoms with Gasteiger partial charge in [0.2, 0.25) is 0 Å². The molecule has 0 amide bonds. The number of rotatable bonds is 13. The van der Waals surface area contributed by atoms with Crippen molar-refractivity contribution in [3.05, 3.63) is 121 Å². The van der Waals surface area contributed by atoms with Gasteiger partial charge in [0.05, 0.1) is 37.1 Å². The van der Waals surface area contributed by atoms with Gasteiger partial charge in [0.1, 0.15) is 12.3 Å². The Balaban J connectivity index is 0.000000960. The van der Waals surface area contributed by atoms with Crippen molar-refractivity contribution in [1.29, 1.82) is 0 Å². The smallest absolute Gasteiger partial charge is 0.0739 e. The Bertz CT molecular complexity index is 1380. The second-order valence-electron chi connectivity index (χ2n) is 18.9. The maximum atomic E-state index is 2.84. The molecule has 12 heteroatoms. The molecule has 0 atom stereocenters. The molecule has 0 heterocycles. The summed E-state index contributed by atoms with van der Waals surface area (Å²) in [5, 5.41) is 6.06. The number of benzene rings is 4. The molecule has 0 bridgehead atoms. The third-order valence-electron chi connectivity index (χ3n) is 9.49. The molecule has 54 heavy (non-hydrogen) atoms. The monoisotopic (exact) mass is 1180 g/mol. The van der Waals surface area contributed by atoms with Gasteiger partial charge in [-0.05, 0) is 48.5 Å². The quantitative estimate of drug-likeness (QED) is 0.0925. The first-order valence-electron chi connectivity index (χ1n) is 19.3. The molecule has 4 rings (SSSR count). The topological polar surface area (TPSA) is 0 Å². The van der Waals surface area contributed by atoms with Crippen LogP contribution in [-0.2, 0) is 21.1 Å². The Kier molecular flexibility index (Phi) is 25.3. The van der Waals surface area contributed by atoms with Gasteiger partial charge < -0.3 is 0 Å². The van der Waals surface area contributed by atoms with Crippen molar-refractivity contribution < 1.29 is 21.1 Å².